The smallest absolute Gasteiger partial charge is 0.321 e. The monoisotopic (exact) mass is 464 g/mol. The molecule has 0 bridgehead atoms. The van der Waals surface area contributed by atoms with E-state index in [1.165, 1.54) is 21.5 Å². The number of carbonyl (C=O) groups is 1. The molecule has 0 N–H and O–H groups in total. The minimum Gasteiger partial charge on any atom is -0.497 e. The van der Waals surface area contributed by atoms with Crippen molar-refractivity contribution in [3.63, 3.8) is 0 Å². The van der Waals surface area contributed by atoms with Crippen LogP contribution >= 0.6 is 0 Å². The zero-order valence-corrected chi connectivity index (χ0v) is 19.3. The molecule has 1 aliphatic heterocycles. The molecule has 1 fully saturated rings. The van der Waals surface area contributed by atoms with Crippen LogP contribution in [-0.4, -0.2) is 59.8 Å². The molecule has 0 spiro atoms. The van der Waals surface area contributed by atoms with Gasteiger partial charge in [-0.1, -0.05) is 12.1 Å². The van der Waals surface area contributed by atoms with E-state index in [1.54, 1.807) is 36.3 Å². The summed E-state index contributed by atoms with van der Waals surface area (Å²) in [7, 11) is 1.63. The van der Waals surface area contributed by atoms with E-state index >= 15 is 0 Å². The topological polar surface area (TPSA) is 86.0 Å². The minimum absolute atomic E-state index is 0.176. The highest BCUT2D eigenvalue weighted by Crippen LogP contribution is 2.21. The molecule has 9 heteroatoms. The maximum absolute atomic E-state index is 12.9. The third kappa shape index (κ3) is 4.83. The molecule has 1 aromatic heterocycles. The zero-order chi connectivity index (χ0) is 24.1. The molecule has 0 saturated carbocycles. The Labute approximate surface area is 197 Å². The lowest BCUT2D eigenvalue weighted by atomic mass is 10.2. The van der Waals surface area contributed by atoms with E-state index < -0.39 is 11.1 Å². The lowest BCUT2D eigenvalue weighted by molar-refractivity contribution is -0.132. The summed E-state index contributed by atoms with van der Waals surface area (Å²) < 4.78 is 13.2. The molecule has 1 amide bonds. The number of rotatable bonds is 7. The Morgan fingerprint density at radius 2 is 1.62 bits per heavy atom. The molecule has 4 rings (SSSR count). The predicted octanol–water partition coefficient (Wildman–Crippen LogP) is 1.76. The van der Waals surface area contributed by atoms with Gasteiger partial charge in [0.2, 0.25) is 5.91 Å². The van der Waals surface area contributed by atoms with E-state index in [0.29, 0.717) is 44.2 Å². The van der Waals surface area contributed by atoms with Crippen LogP contribution in [0.15, 0.2) is 70.5 Å². The largest absolute Gasteiger partial charge is 0.497 e. The Morgan fingerprint density at radius 1 is 0.912 bits per heavy atom. The van der Waals surface area contributed by atoms with Crippen LogP contribution in [0.5, 0.6) is 11.5 Å². The van der Waals surface area contributed by atoms with Gasteiger partial charge in [-0.15, -0.1) is 0 Å². The zero-order valence-electron chi connectivity index (χ0n) is 19.3. The van der Waals surface area contributed by atoms with Crippen LogP contribution in [0.4, 0.5) is 5.69 Å². The molecule has 0 aliphatic carbocycles. The van der Waals surface area contributed by atoms with Gasteiger partial charge >= 0.3 is 11.1 Å². The molecule has 0 atom stereocenters. The molecule has 34 heavy (non-hydrogen) atoms. The molecular formula is C25H28N4O5. The molecule has 2 aromatic carbocycles. The molecule has 3 aromatic rings. The Bertz CT molecular complexity index is 1260. The number of benzene rings is 2. The van der Waals surface area contributed by atoms with Crippen LogP contribution in [0.1, 0.15) is 6.92 Å². The van der Waals surface area contributed by atoms with Crippen molar-refractivity contribution in [3.8, 4) is 17.2 Å². The SMILES string of the molecule is CCOc1ccccc1-n1ccn(CC(=O)N2CCN(c3ccc(OC)cc3)CC2)c(=O)c1=O. The molecule has 1 saturated heterocycles. The number of ether oxygens (including phenoxy) is 2. The van der Waals surface area contributed by atoms with E-state index in [4.69, 9.17) is 9.47 Å². The maximum atomic E-state index is 12.9. The predicted molar refractivity (Wildman–Crippen MR) is 129 cm³/mol. The molecule has 9 nitrogen and oxygen atoms in total. The summed E-state index contributed by atoms with van der Waals surface area (Å²) in [6.45, 7) is 4.55. The number of amides is 1. The standard InChI is InChI=1S/C25H28N4O5/c1-3-34-22-7-5-4-6-21(22)29-17-16-28(24(31)25(29)32)18-23(30)27-14-12-26(13-15-27)19-8-10-20(33-2)11-9-19/h4-11,16-17H,3,12-15,18H2,1-2H3. The minimum atomic E-state index is -0.751. The van der Waals surface area contributed by atoms with Crippen molar-refractivity contribution in [2.45, 2.75) is 13.5 Å². The van der Waals surface area contributed by atoms with E-state index in [1.807, 2.05) is 31.2 Å². The molecular weight excluding hydrogens is 436 g/mol. The highest BCUT2D eigenvalue weighted by Gasteiger charge is 2.22. The van der Waals surface area contributed by atoms with Gasteiger partial charge in [-0.3, -0.25) is 23.5 Å². The number of piperazine rings is 1. The fourth-order valence-electron chi connectivity index (χ4n) is 4.01. The van der Waals surface area contributed by atoms with Crippen molar-refractivity contribution in [1.82, 2.24) is 14.0 Å². The summed E-state index contributed by atoms with van der Waals surface area (Å²) >= 11 is 0. The molecule has 0 radical (unpaired) electrons. The van der Waals surface area contributed by atoms with Gasteiger partial charge in [-0.25, -0.2) is 0 Å². The third-order valence-corrected chi connectivity index (χ3v) is 5.86. The maximum Gasteiger partial charge on any atom is 0.321 e. The highest BCUT2D eigenvalue weighted by atomic mass is 16.5. The number of methoxy groups -OCH3 is 1. The van der Waals surface area contributed by atoms with Gasteiger partial charge < -0.3 is 19.3 Å². The van der Waals surface area contributed by atoms with Crippen LogP contribution in [0.3, 0.4) is 0 Å². The first-order valence-electron chi connectivity index (χ1n) is 11.2. The highest BCUT2D eigenvalue weighted by molar-refractivity contribution is 5.76. The van der Waals surface area contributed by atoms with Crippen molar-refractivity contribution >= 4 is 11.6 Å². The summed E-state index contributed by atoms with van der Waals surface area (Å²) in [6, 6.07) is 14.8. The second kappa shape index (κ2) is 10.3. The first-order valence-corrected chi connectivity index (χ1v) is 11.2. The van der Waals surface area contributed by atoms with E-state index in [2.05, 4.69) is 4.90 Å². The third-order valence-electron chi connectivity index (χ3n) is 5.86. The van der Waals surface area contributed by atoms with Crippen LogP contribution in [0, 0.1) is 0 Å². The second-order valence-electron chi connectivity index (χ2n) is 7.87. The van der Waals surface area contributed by atoms with Crippen LogP contribution in [0.25, 0.3) is 5.69 Å². The number of hydrogen-bond acceptors (Lipinski definition) is 6. The number of para-hydroxylation sites is 2. The number of aromatic nitrogens is 2. The second-order valence-corrected chi connectivity index (χ2v) is 7.87. The quantitative estimate of drug-likeness (QED) is 0.496. The Kier molecular flexibility index (Phi) is 7.01. The fraction of sp³-hybridized carbons (Fsp3) is 0.320. The summed E-state index contributed by atoms with van der Waals surface area (Å²) in [5.41, 5.74) is 0.0745. The van der Waals surface area contributed by atoms with Gasteiger partial charge in [0.25, 0.3) is 0 Å². The molecule has 0 unspecified atom stereocenters. The van der Waals surface area contributed by atoms with Crippen LogP contribution in [-0.2, 0) is 11.3 Å². The van der Waals surface area contributed by atoms with E-state index in [-0.39, 0.29) is 12.5 Å². The van der Waals surface area contributed by atoms with Gasteiger partial charge in [0, 0.05) is 44.3 Å². The van der Waals surface area contributed by atoms with Gasteiger partial charge in [0.05, 0.1) is 19.4 Å². The van der Waals surface area contributed by atoms with E-state index in [9.17, 15) is 14.4 Å². The van der Waals surface area contributed by atoms with Gasteiger partial charge in [-0.05, 0) is 43.3 Å². The number of anilines is 1. The van der Waals surface area contributed by atoms with Crippen molar-refractivity contribution in [2.24, 2.45) is 0 Å². The van der Waals surface area contributed by atoms with Crippen molar-refractivity contribution < 1.29 is 14.3 Å². The number of nitrogens with zero attached hydrogens (tertiary/aromatic N) is 4. The Morgan fingerprint density at radius 3 is 2.29 bits per heavy atom. The van der Waals surface area contributed by atoms with Gasteiger partial charge in [0.1, 0.15) is 18.0 Å². The molecule has 2 heterocycles. The summed E-state index contributed by atoms with van der Waals surface area (Å²) in [6.07, 6.45) is 2.97. The molecule has 1 aliphatic rings. The summed E-state index contributed by atoms with van der Waals surface area (Å²) in [5, 5.41) is 0. The van der Waals surface area contributed by atoms with Crippen LogP contribution < -0.4 is 25.5 Å². The Hall–Kier alpha value is -4.01. The average molecular weight is 465 g/mol. The normalized spacial score (nSPS) is 13.6. The van der Waals surface area contributed by atoms with E-state index in [0.717, 1.165) is 11.4 Å². The lowest BCUT2D eigenvalue weighted by Crippen LogP contribution is -2.50. The number of hydrogen-bond donors (Lipinski definition) is 0. The Balaban J connectivity index is 1.43. The fourth-order valence-corrected chi connectivity index (χ4v) is 4.01. The summed E-state index contributed by atoms with van der Waals surface area (Å²) in [5.74, 6) is 1.12. The number of carbonyl (C=O) groups excluding carboxylic acids is 1. The van der Waals surface area contributed by atoms with Gasteiger partial charge in [0.15, 0.2) is 0 Å². The van der Waals surface area contributed by atoms with Gasteiger partial charge in [-0.2, -0.15) is 0 Å². The van der Waals surface area contributed by atoms with Crippen molar-refractivity contribution in [2.75, 3.05) is 44.8 Å². The average Bonchev–Trinajstić information content (AvgIpc) is 2.88. The summed E-state index contributed by atoms with van der Waals surface area (Å²) in [4.78, 5) is 42.3. The first kappa shape index (κ1) is 23.2. The lowest BCUT2D eigenvalue weighted by Gasteiger charge is -2.36. The molecule has 178 valence electrons. The van der Waals surface area contributed by atoms with Crippen LogP contribution in [0.2, 0.25) is 0 Å². The van der Waals surface area contributed by atoms with Crippen molar-refractivity contribution in [1.29, 1.82) is 0 Å². The van der Waals surface area contributed by atoms with Crippen molar-refractivity contribution in [3.05, 3.63) is 81.6 Å². The first-order chi connectivity index (χ1) is 16.5.